The highest BCUT2D eigenvalue weighted by Gasteiger charge is 2.24. The van der Waals surface area contributed by atoms with Crippen molar-refractivity contribution in [2.75, 3.05) is 19.6 Å². The molecule has 3 atom stereocenters. The molecule has 106 valence electrons. The SMILES string of the molecule is CC(Cc1ccc(Br)c(F)c1)NCC1CNCC1O. The number of aliphatic hydroxyl groups excluding tert-OH is 1. The van der Waals surface area contributed by atoms with Crippen molar-refractivity contribution in [2.45, 2.75) is 25.5 Å². The number of aliphatic hydroxyl groups is 1. The first-order valence-corrected chi connectivity index (χ1v) is 7.41. The summed E-state index contributed by atoms with van der Waals surface area (Å²) in [5, 5.41) is 16.3. The monoisotopic (exact) mass is 330 g/mol. The molecular weight excluding hydrogens is 311 g/mol. The zero-order chi connectivity index (χ0) is 13.8. The first-order valence-electron chi connectivity index (χ1n) is 6.62. The van der Waals surface area contributed by atoms with Gasteiger partial charge in [0.05, 0.1) is 10.6 Å². The summed E-state index contributed by atoms with van der Waals surface area (Å²) in [6.07, 6.45) is 0.519. The number of rotatable bonds is 5. The summed E-state index contributed by atoms with van der Waals surface area (Å²) in [7, 11) is 0. The smallest absolute Gasteiger partial charge is 0.137 e. The normalized spacial score (nSPS) is 24.6. The van der Waals surface area contributed by atoms with Gasteiger partial charge >= 0.3 is 0 Å². The Labute approximate surface area is 121 Å². The van der Waals surface area contributed by atoms with Crippen LogP contribution in [0.2, 0.25) is 0 Å². The first kappa shape index (κ1) is 14.9. The predicted octanol–water partition coefficient (Wildman–Crippen LogP) is 1.69. The molecule has 1 aromatic rings. The fourth-order valence-corrected chi connectivity index (χ4v) is 2.62. The van der Waals surface area contributed by atoms with E-state index in [0.29, 0.717) is 11.0 Å². The van der Waals surface area contributed by atoms with Crippen LogP contribution in [-0.2, 0) is 6.42 Å². The Bertz CT molecular complexity index is 430. The van der Waals surface area contributed by atoms with Crippen molar-refractivity contribution in [1.29, 1.82) is 0 Å². The van der Waals surface area contributed by atoms with Crippen LogP contribution in [0.25, 0.3) is 0 Å². The third kappa shape index (κ3) is 4.24. The van der Waals surface area contributed by atoms with Crippen LogP contribution in [-0.4, -0.2) is 36.9 Å². The summed E-state index contributed by atoms with van der Waals surface area (Å²) >= 11 is 3.15. The maximum Gasteiger partial charge on any atom is 0.137 e. The molecule has 2 rings (SSSR count). The molecule has 3 N–H and O–H groups in total. The van der Waals surface area contributed by atoms with Gasteiger partial charge in [-0.25, -0.2) is 4.39 Å². The quantitative estimate of drug-likeness (QED) is 0.769. The zero-order valence-corrected chi connectivity index (χ0v) is 12.6. The molecule has 0 bridgehead atoms. The third-order valence-electron chi connectivity index (χ3n) is 3.56. The highest BCUT2D eigenvalue weighted by Crippen LogP contribution is 2.17. The standard InChI is InChI=1S/C14H20BrFN2O/c1-9(18-7-11-6-17-8-14(11)19)4-10-2-3-12(15)13(16)5-10/h2-3,5,9,11,14,17-19H,4,6-8H2,1H3. The Balaban J connectivity index is 1.80. The van der Waals surface area contributed by atoms with E-state index < -0.39 is 0 Å². The minimum Gasteiger partial charge on any atom is -0.391 e. The van der Waals surface area contributed by atoms with Gasteiger partial charge in [0.15, 0.2) is 0 Å². The topological polar surface area (TPSA) is 44.3 Å². The van der Waals surface area contributed by atoms with Crippen molar-refractivity contribution >= 4 is 15.9 Å². The van der Waals surface area contributed by atoms with Crippen LogP contribution in [0, 0.1) is 11.7 Å². The molecule has 5 heteroatoms. The summed E-state index contributed by atoms with van der Waals surface area (Å²) < 4.78 is 13.9. The fraction of sp³-hybridized carbons (Fsp3) is 0.571. The molecule has 1 heterocycles. The lowest BCUT2D eigenvalue weighted by Gasteiger charge is -2.19. The molecule has 0 aliphatic carbocycles. The Hall–Kier alpha value is -0.490. The van der Waals surface area contributed by atoms with Gasteiger partial charge in [0, 0.05) is 31.6 Å². The molecule has 0 saturated carbocycles. The van der Waals surface area contributed by atoms with Gasteiger partial charge in [-0.05, 0) is 47.0 Å². The Kier molecular flexibility index (Phi) is 5.33. The number of nitrogens with one attached hydrogen (secondary N) is 2. The van der Waals surface area contributed by atoms with E-state index in [0.717, 1.165) is 25.1 Å². The van der Waals surface area contributed by atoms with Crippen molar-refractivity contribution in [2.24, 2.45) is 5.92 Å². The van der Waals surface area contributed by atoms with Gasteiger partial charge < -0.3 is 15.7 Å². The molecule has 19 heavy (non-hydrogen) atoms. The van der Waals surface area contributed by atoms with Gasteiger partial charge in [-0.15, -0.1) is 0 Å². The van der Waals surface area contributed by atoms with Crippen LogP contribution in [0.5, 0.6) is 0 Å². The van der Waals surface area contributed by atoms with Gasteiger partial charge in [-0.3, -0.25) is 0 Å². The fourth-order valence-electron chi connectivity index (χ4n) is 2.37. The molecule has 3 nitrogen and oxygen atoms in total. The Morgan fingerprint density at radius 3 is 2.95 bits per heavy atom. The van der Waals surface area contributed by atoms with Crippen molar-refractivity contribution in [3.05, 3.63) is 34.1 Å². The summed E-state index contributed by atoms with van der Waals surface area (Å²) in [4.78, 5) is 0. The molecule has 1 aliphatic heterocycles. The minimum absolute atomic E-state index is 0.222. The Morgan fingerprint density at radius 2 is 2.32 bits per heavy atom. The second-order valence-corrected chi connectivity index (χ2v) is 6.10. The predicted molar refractivity (Wildman–Crippen MR) is 77.6 cm³/mol. The number of halogens is 2. The largest absolute Gasteiger partial charge is 0.391 e. The molecule has 3 unspecified atom stereocenters. The summed E-state index contributed by atoms with van der Waals surface area (Å²) in [5.41, 5.74) is 0.978. The average molecular weight is 331 g/mol. The minimum atomic E-state index is -0.259. The molecule has 1 aliphatic rings. The molecule has 0 spiro atoms. The molecule has 1 fully saturated rings. The van der Waals surface area contributed by atoms with E-state index in [-0.39, 0.29) is 23.9 Å². The van der Waals surface area contributed by atoms with Crippen LogP contribution in [0.1, 0.15) is 12.5 Å². The van der Waals surface area contributed by atoms with Gasteiger partial charge in [-0.1, -0.05) is 6.07 Å². The van der Waals surface area contributed by atoms with Crippen molar-refractivity contribution in [1.82, 2.24) is 10.6 Å². The number of hydrogen-bond acceptors (Lipinski definition) is 3. The maximum atomic E-state index is 13.4. The van der Waals surface area contributed by atoms with Crippen LogP contribution < -0.4 is 10.6 Å². The second-order valence-electron chi connectivity index (χ2n) is 5.25. The van der Waals surface area contributed by atoms with Crippen LogP contribution in [0.15, 0.2) is 22.7 Å². The zero-order valence-electron chi connectivity index (χ0n) is 11.0. The van der Waals surface area contributed by atoms with E-state index in [9.17, 15) is 9.50 Å². The van der Waals surface area contributed by atoms with Crippen LogP contribution >= 0.6 is 15.9 Å². The molecule has 1 saturated heterocycles. The van der Waals surface area contributed by atoms with Crippen molar-refractivity contribution in [3.63, 3.8) is 0 Å². The number of β-amino-alcohol motifs (C(OH)–C–C–N with tert-alkyl or cyclic N) is 1. The van der Waals surface area contributed by atoms with Crippen LogP contribution in [0.3, 0.4) is 0 Å². The summed E-state index contributed by atoms with van der Waals surface area (Å²) in [5.74, 6) is 0.0456. The summed E-state index contributed by atoms with van der Waals surface area (Å²) in [6, 6.07) is 5.49. The van der Waals surface area contributed by atoms with Gasteiger partial charge in [0.25, 0.3) is 0 Å². The molecule has 0 radical (unpaired) electrons. The van der Waals surface area contributed by atoms with E-state index in [4.69, 9.17) is 0 Å². The second kappa shape index (κ2) is 6.79. The van der Waals surface area contributed by atoms with E-state index in [1.165, 1.54) is 0 Å². The first-order chi connectivity index (χ1) is 9.06. The molecular formula is C14H20BrFN2O. The lowest BCUT2D eigenvalue weighted by atomic mass is 10.0. The van der Waals surface area contributed by atoms with Crippen LogP contribution in [0.4, 0.5) is 4.39 Å². The number of hydrogen-bond donors (Lipinski definition) is 3. The lowest BCUT2D eigenvalue weighted by molar-refractivity contribution is 0.145. The molecule has 0 amide bonds. The maximum absolute atomic E-state index is 13.4. The van der Waals surface area contributed by atoms with E-state index in [1.54, 1.807) is 12.1 Å². The van der Waals surface area contributed by atoms with Gasteiger partial charge in [0.1, 0.15) is 5.82 Å². The summed E-state index contributed by atoms with van der Waals surface area (Å²) in [6.45, 7) is 4.40. The van der Waals surface area contributed by atoms with E-state index in [2.05, 4.69) is 33.5 Å². The lowest BCUT2D eigenvalue weighted by Crippen LogP contribution is -2.36. The van der Waals surface area contributed by atoms with Gasteiger partial charge in [0.2, 0.25) is 0 Å². The number of benzene rings is 1. The van der Waals surface area contributed by atoms with Crippen molar-refractivity contribution in [3.8, 4) is 0 Å². The van der Waals surface area contributed by atoms with Crippen molar-refractivity contribution < 1.29 is 9.50 Å². The van der Waals surface area contributed by atoms with E-state index in [1.807, 2.05) is 6.07 Å². The Morgan fingerprint density at radius 1 is 1.53 bits per heavy atom. The van der Waals surface area contributed by atoms with Gasteiger partial charge in [-0.2, -0.15) is 0 Å². The van der Waals surface area contributed by atoms with E-state index >= 15 is 0 Å². The third-order valence-corrected chi connectivity index (χ3v) is 4.20. The highest BCUT2D eigenvalue weighted by molar-refractivity contribution is 9.10. The highest BCUT2D eigenvalue weighted by atomic mass is 79.9. The molecule has 0 aromatic heterocycles. The molecule has 1 aromatic carbocycles. The average Bonchev–Trinajstić information content (AvgIpc) is 2.77.